The van der Waals surface area contributed by atoms with Crippen LogP contribution in [0.3, 0.4) is 0 Å². The van der Waals surface area contributed by atoms with Gasteiger partial charge in [-0.3, -0.25) is 0 Å². The van der Waals surface area contributed by atoms with E-state index >= 15 is 0 Å². The normalized spacial score (nSPS) is 16.2. The summed E-state index contributed by atoms with van der Waals surface area (Å²) in [5.74, 6) is 0.777. The molecule has 0 saturated carbocycles. The predicted molar refractivity (Wildman–Crippen MR) is 64.4 cm³/mol. The van der Waals surface area contributed by atoms with E-state index in [2.05, 4.69) is 10.2 Å². The molecule has 0 radical (unpaired) electrons. The van der Waals surface area contributed by atoms with E-state index in [4.69, 9.17) is 4.74 Å². The fourth-order valence-electron chi connectivity index (χ4n) is 1.89. The van der Waals surface area contributed by atoms with Gasteiger partial charge >= 0.3 is 0 Å². The summed E-state index contributed by atoms with van der Waals surface area (Å²) in [4.78, 5) is 2.29. The van der Waals surface area contributed by atoms with Crippen molar-refractivity contribution in [2.24, 2.45) is 0 Å². The number of hydrogen-bond acceptors (Lipinski definition) is 4. The van der Waals surface area contributed by atoms with Gasteiger partial charge in [0.25, 0.3) is 0 Å². The van der Waals surface area contributed by atoms with Crippen molar-refractivity contribution < 1.29 is 9.84 Å². The maximum absolute atomic E-state index is 9.61. The zero-order valence-electron chi connectivity index (χ0n) is 9.57. The Morgan fingerprint density at radius 1 is 1.38 bits per heavy atom. The van der Waals surface area contributed by atoms with Crippen LogP contribution >= 0.6 is 0 Å². The lowest BCUT2D eigenvalue weighted by Gasteiger charge is -2.29. The first-order chi connectivity index (χ1) is 7.81. The lowest BCUT2D eigenvalue weighted by molar-refractivity contribution is 0.318. The predicted octanol–water partition coefficient (Wildman–Crippen LogP) is 1.20. The second-order valence-corrected chi connectivity index (χ2v) is 3.82. The first kappa shape index (κ1) is 11.1. The number of phenols is 1. The summed E-state index contributed by atoms with van der Waals surface area (Å²) in [6.07, 6.45) is 0. The molecule has 0 unspecified atom stereocenters. The van der Waals surface area contributed by atoms with Crippen molar-refractivity contribution in [1.82, 2.24) is 5.32 Å². The van der Waals surface area contributed by atoms with Gasteiger partial charge in [0.2, 0.25) is 0 Å². The average molecular weight is 222 g/mol. The van der Waals surface area contributed by atoms with Gasteiger partial charge in [0, 0.05) is 37.9 Å². The molecular formula is C12H18N2O2. The van der Waals surface area contributed by atoms with Crippen LogP contribution in [0.1, 0.15) is 6.92 Å². The van der Waals surface area contributed by atoms with Crippen LogP contribution in [0.2, 0.25) is 0 Å². The summed E-state index contributed by atoms with van der Waals surface area (Å²) in [7, 11) is 0. The number of nitrogens with zero attached hydrogens (tertiary/aromatic N) is 1. The molecule has 2 rings (SSSR count). The summed E-state index contributed by atoms with van der Waals surface area (Å²) in [6.45, 7) is 6.48. The van der Waals surface area contributed by atoms with Crippen LogP contribution in [-0.4, -0.2) is 37.9 Å². The summed E-state index contributed by atoms with van der Waals surface area (Å²) >= 11 is 0. The summed E-state index contributed by atoms with van der Waals surface area (Å²) < 4.78 is 5.38. The molecule has 0 spiro atoms. The summed E-state index contributed by atoms with van der Waals surface area (Å²) in [5.41, 5.74) is 1.11. The molecule has 1 aromatic carbocycles. The fourth-order valence-corrected chi connectivity index (χ4v) is 1.89. The lowest BCUT2D eigenvalue weighted by Crippen LogP contribution is -2.43. The fraction of sp³-hybridized carbons (Fsp3) is 0.500. The Morgan fingerprint density at radius 3 is 2.81 bits per heavy atom. The first-order valence-corrected chi connectivity index (χ1v) is 5.72. The average Bonchev–Trinajstić information content (AvgIpc) is 2.33. The minimum absolute atomic E-state index is 0.209. The Morgan fingerprint density at radius 2 is 2.12 bits per heavy atom. The van der Waals surface area contributed by atoms with E-state index < -0.39 is 0 Å². The molecule has 2 N–H and O–H groups in total. The molecule has 88 valence electrons. The second-order valence-electron chi connectivity index (χ2n) is 3.82. The standard InChI is InChI=1S/C12H18N2O2/c1-2-16-12-9-10(3-4-11(12)15)14-7-5-13-6-8-14/h3-4,9,13,15H,2,5-8H2,1H3. The molecule has 0 bridgehead atoms. The van der Waals surface area contributed by atoms with Crippen molar-refractivity contribution in [3.8, 4) is 11.5 Å². The molecule has 1 aromatic rings. The van der Waals surface area contributed by atoms with Gasteiger partial charge < -0.3 is 20.1 Å². The Labute approximate surface area is 95.8 Å². The molecule has 0 amide bonds. The topological polar surface area (TPSA) is 44.7 Å². The van der Waals surface area contributed by atoms with Gasteiger partial charge in [-0.05, 0) is 19.1 Å². The zero-order chi connectivity index (χ0) is 11.4. The third kappa shape index (κ3) is 2.39. The van der Waals surface area contributed by atoms with Crippen molar-refractivity contribution in [2.45, 2.75) is 6.92 Å². The molecule has 1 aliphatic rings. The molecule has 0 aliphatic carbocycles. The van der Waals surface area contributed by atoms with Crippen molar-refractivity contribution in [2.75, 3.05) is 37.7 Å². The van der Waals surface area contributed by atoms with E-state index in [0.717, 1.165) is 31.9 Å². The van der Waals surface area contributed by atoms with Crippen molar-refractivity contribution in [3.63, 3.8) is 0 Å². The maximum atomic E-state index is 9.61. The number of nitrogens with one attached hydrogen (secondary N) is 1. The van der Waals surface area contributed by atoms with Crippen LogP contribution in [0.25, 0.3) is 0 Å². The quantitative estimate of drug-likeness (QED) is 0.806. The molecule has 1 heterocycles. The summed E-state index contributed by atoms with van der Waals surface area (Å²) in [5, 5.41) is 12.9. The molecule has 0 atom stereocenters. The van der Waals surface area contributed by atoms with Crippen LogP contribution in [0.5, 0.6) is 11.5 Å². The third-order valence-corrected chi connectivity index (χ3v) is 2.73. The van der Waals surface area contributed by atoms with Crippen molar-refractivity contribution >= 4 is 5.69 Å². The van der Waals surface area contributed by atoms with Gasteiger partial charge in [0.05, 0.1) is 6.61 Å². The van der Waals surface area contributed by atoms with E-state index in [-0.39, 0.29) is 5.75 Å². The van der Waals surface area contributed by atoms with E-state index in [9.17, 15) is 5.11 Å². The van der Waals surface area contributed by atoms with Gasteiger partial charge in [-0.1, -0.05) is 0 Å². The van der Waals surface area contributed by atoms with Crippen molar-refractivity contribution in [3.05, 3.63) is 18.2 Å². The van der Waals surface area contributed by atoms with E-state index in [1.165, 1.54) is 0 Å². The number of piperazine rings is 1. The summed E-state index contributed by atoms with van der Waals surface area (Å²) in [6, 6.07) is 5.54. The smallest absolute Gasteiger partial charge is 0.162 e. The van der Waals surface area contributed by atoms with Crippen LogP contribution in [0, 0.1) is 0 Å². The molecule has 16 heavy (non-hydrogen) atoms. The zero-order valence-corrected chi connectivity index (χ0v) is 9.57. The molecule has 0 aromatic heterocycles. The molecule has 1 fully saturated rings. The lowest BCUT2D eigenvalue weighted by atomic mass is 10.2. The van der Waals surface area contributed by atoms with Gasteiger partial charge in [0.15, 0.2) is 11.5 Å². The third-order valence-electron chi connectivity index (χ3n) is 2.73. The molecule has 1 saturated heterocycles. The highest BCUT2D eigenvalue weighted by atomic mass is 16.5. The van der Waals surface area contributed by atoms with Gasteiger partial charge in [-0.15, -0.1) is 0 Å². The largest absolute Gasteiger partial charge is 0.504 e. The number of hydrogen-bond donors (Lipinski definition) is 2. The number of anilines is 1. The monoisotopic (exact) mass is 222 g/mol. The minimum atomic E-state index is 0.209. The van der Waals surface area contributed by atoms with Crippen molar-refractivity contribution in [1.29, 1.82) is 0 Å². The highest BCUT2D eigenvalue weighted by Gasteiger charge is 2.12. The number of benzene rings is 1. The van der Waals surface area contributed by atoms with Crippen LogP contribution in [0.15, 0.2) is 18.2 Å². The van der Waals surface area contributed by atoms with E-state index in [0.29, 0.717) is 12.4 Å². The minimum Gasteiger partial charge on any atom is -0.504 e. The highest BCUT2D eigenvalue weighted by Crippen LogP contribution is 2.30. The van der Waals surface area contributed by atoms with Gasteiger partial charge in [0.1, 0.15) is 0 Å². The van der Waals surface area contributed by atoms with Gasteiger partial charge in [-0.25, -0.2) is 0 Å². The Bertz CT molecular complexity index is 349. The molecule has 4 heteroatoms. The van der Waals surface area contributed by atoms with E-state index in [1.54, 1.807) is 6.07 Å². The van der Waals surface area contributed by atoms with Crippen LogP contribution in [-0.2, 0) is 0 Å². The number of aromatic hydroxyl groups is 1. The Kier molecular flexibility index (Phi) is 3.51. The van der Waals surface area contributed by atoms with Crippen LogP contribution < -0.4 is 15.0 Å². The maximum Gasteiger partial charge on any atom is 0.162 e. The molecule has 4 nitrogen and oxygen atoms in total. The molecule has 1 aliphatic heterocycles. The number of ether oxygens (including phenoxy) is 1. The van der Waals surface area contributed by atoms with Gasteiger partial charge in [-0.2, -0.15) is 0 Å². The molecular weight excluding hydrogens is 204 g/mol. The first-order valence-electron chi connectivity index (χ1n) is 5.72. The number of phenolic OH excluding ortho intramolecular Hbond substituents is 1. The Balaban J connectivity index is 2.17. The number of rotatable bonds is 3. The van der Waals surface area contributed by atoms with E-state index in [1.807, 2.05) is 19.1 Å². The van der Waals surface area contributed by atoms with Crippen LogP contribution in [0.4, 0.5) is 5.69 Å². The Hall–Kier alpha value is -1.42. The second kappa shape index (κ2) is 5.07. The SMILES string of the molecule is CCOc1cc(N2CCNCC2)ccc1O. The highest BCUT2D eigenvalue weighted by molar-refractivity contribution is 5.56.